The molecular formula is C50H78O8. The molecule has 58 heavy (non-hydrogen) atoms. The summed E-state index contributed by atoms with van der Waals surface area (Å²) >= 11 is 0. The number of aryl methyl sites for hydroxylation is 2. The van der Waals surface area contributed by atoms with Gasteiger partial charge in [0.05, 0.1) is 48.7 Å². The largest absolute Gasteiger partial charge is 0.462 e. The van der Waals surface area contributed by atoms with E-state index in [1.54, 1.807) is 24.3 Å². The number of ether oxygens (including phenoxy) is 4. The van der Waals surface area contributed by atoms with Crippen LogP contribution in [0, 0.1) is 23.7 Å². The first-order chi connectivity index (χ1) is 28.1. The van der Waals surface area contributed by atoms with Gasteiger partial charge in [-0.25, -0.2) is 19.2 Å². The van der Waals surface area contributed by atoms with Crippen LogP contribution in [0.5, 0.6) is 0 Å². The first-order valence-corrected chi connectivity index (χ1v) is 23.0. The topological polar surface area (TPSA) is 105 Å². The molecule has 0 radical (unpaired) electrons. The van der Waals surface area contributed by atoms with Crippen LogP contribution >= 0.6 is 0 Å². The van der Waals surface area contributed by atoms with Crippen molar-refractivity contribution in [3.63, 3.8) is 0 Å². The molecule has 8 heteroatoms. The van der Waals surface area contributed by atoms with E-state index in [2.05, 4.69) is 55.4 Å². The number of hydrogen-bond donors (Lipinski definition) is 0. The van der Waals surface area contributed by atoms with Gasteiger partial charge in [0.15, 0.2) is 0 Å². The zero-order chi connectivity index (χ0) is 42.7. The Kier molecular flexibility index (Phi) is 25.7. The summed E-state index contributed by atoms with van der Waals surface area (Å²) in [5.74, 6) is -1.05. The number of rotatable bonds is 31. The molecule has 2 rings (SSSR count). The molecule has 326 valence electrons. The molecule has 0 aromatic heterocycles. The van der Waals surface area contributed by atoms with Crippen LogP contribution in [-0.4, -0.2) is 50.3 Å². The number of benzene rings is 2. The molecule has 0 spiro atoms. The summed E-state index contributed by atoms with van der Waals surface area (Å²) in [6, 6.07) is 10.5. The van der Waals surface area contributed by atoms with E-state index in [4.69, 9.17) is 18.9 Å². The quantitative estimate of drug-likeness (QED) is 0.0548. The fraction of sp³-hybridized carbons (Fsp3) is 0.680. The van der Waals surface area contributed by atoms with E-state index < -0.39 is 23.9 Å². The van der Waals surface area contributed by atoms with Crippen LogP contribution < -0.4 is 0 Å². The van der Waals surface area contributed by atoms with E-state index in [9.17, 15) is 19.2 Å². The van der Waals surface area contributed by atoms with Gasteiger partial charge in [-0.3, -0.25) is 0 Å². The van der Waals surface area contributed by atoms with E-state index in [1.165, 1.54) is 0 Å². The van der Waals surface area contributed by atoms with Gasteiger partial charge in [-0.1, -0.05) is 145 Å². The maximum Gasteiger partial charge on any atom is 0.339 e. The molecule has 0 amide bonds. The minimum absolute atomic E-state index is 0.203. The Labute approximate surface area is 351 Å². The van der Waals surface area contributed by atoms with E-state index in [-0.39, 0.29) is 45.9 Å². The van der Waals surface area contributed by atoms with Crippen LogP contribution in [0.25, 0.3) is 0 Å². The van der Waals surface area contributed by atoms with Gasteiger partial charge in [-0.05, 0) is 97.6 Å². The summed E-state index contributed by atoms with van der Waals surface area (Å²) < 4.78 is 23.3. The maximum absolute atomic E-state index is 13.7. The third-order valence-electron chi connectivity index (χ3n) is 11.7. The molecule has 0 N–H and O–H groups in total. The molecule has 4 atom stereocenters. The lowest BCUT2D eigenvalue weighted by molar-refractivity contribution is 0.0381. The summed E-state index contributed by atoms with van der Waals surface area (Å²) in [5, 5.41) is 0. The fourth-order valence-corrected chi connectivity index (χ4v) is 7.15. The minimum Gasteiger partial charge on any atom is -0.462 e. The highest BCUT2D eigenvalue weighted by molar-refractivity contribution is 6.04. The zero-order valence-corrected chi connectivity index (χ0v) is 37.6. The van der Waals surface area contributed by atoms with Gasteiger partial charge in [-0.15, -0.1) is 0 Å². The molecule has 0 saturated carbocycles. The SMILES string of the molecule is CCCCC(CC)COC(=O)c1ccc(CCc2ccc(C(=O)OCC(CC)CCCC)c(C(=O)OCC(CC)CCCC)c2)cc1C(=O)OCC(CC)CCCC. The first kappa shape index (κ1) is 50.5. The highest BCUT2D eigenvalue weighted by atomic mass is 16.5. The number of unbranched alkanes of at least 4 members (excludes halogenated alkanes) is 4. The van der Waals surface area contributed by atoms with Crippen molar-refractivity contribution >= 4 is 23.9 Å². The van der Waals surface area contributed by atoms with Crippen LogP contribution in [0.3, 0.4) is 0 Å². The monoisotopic (exact) mass is 807 g/mol. The molecule has 2 aromatic rings. The van der Waals surface area contributed by atoms with Crippen molar-refractivity contribution in [3.8, 4) is 0 Å². The predicted molar refractivity (Wildman–Crippen MR) is 235 cm³/mol. The molecule has 4 unspecified atom stereocenters. The van der Waals surface area contributed by atoms with Crippen molar-refractivity contribution in [2.75, 3.05) is 26.4 Å². The lowest BCUT2D eigenvalue weighted by atomic mass is 9.96. The van der Waals surface area contributed by atoms with Gasteiger partial charge in [0, 0.05) is 0 Å². The average Bonchev–Trinajstić information content (AvgIpc) is 3.25. The second-order valence-corrected chi connectivity index (χ2v) is 16.3. The van der Waals surface area contributed by atoms with Gasteiger partial charge < -0.3 is 18.9 Å². The van der Waals surface area contributed by atoms with Gasteiger partial charge in [-0.2, -0.15) is 0 Å². The van der Waals surface area contributed by atoms with Gasteiger partial charge in [0.25, 0.3) is 0 Å². The second-order valence-electron chi connectivity index (χ2n) is 16.3. The van der Waals surface area contributed by atoms with Gasteiger partial charge >= 0.3 is 23.9 Å². The smallest absolute Gasteiger partial charge is 0.339 e. The van der Waals surface area contributed by atoms with Crippen molar-refractivity contribution in [3.05, 3.63) is 69.8 Å². The van der Waals surface area contributed by atoms with Crippen LogP contribution in [-0.2, 0) is 31.8 Å². The Morgan fingerprint density at radius 3 is 0.897 bits per heavy atom. The fourth-order valence-electron chi connectivity index (χ4n) is 7.15. The number of esters is 4. The second kappa shape index (κ2) is 29.5. The van der Waals surface area contributed by atoms with Gasteiger partial charge in [0.1, 0.15) is 0 Å². The Hall–Kier alpha value is -3.68. The standard InChI is InChI=1S/C50H78O8/c1-9-17-21-37(13-5)33-55-47(51)43-29-27-41(31-45(43)49(53)57-35-39(15-7)23-19-11-3)25-26-42-28-30-44(48(52)56-34-38(14-6)22-18-10-2)46(32-42)50(54)58-36-40(16-8)24-20-12-4/h27-32,37-40H,9-26,33-36H2,1-8H3. The summed E-state index contributed by atoms with van der Waals surface area (Å²) in [5.41, 5.74) is 2.49. The van der Waals surface area contributed by atoms with Crippen molar-refractivity contribution in [2.24, 2.45) is 23.7 Å². The zero-order valence-electron chi connectivity index (χ0n) is 37.6. The first-order valence-electron chi connectivity index (χ1n) is 23.0. The van der Waals surface area contributed by atoms with E-state index >= 15 is 0 Å². The Bertz CT molecular complexity index is 1390. The molecule has 0 aliphatic heterocycles. The highest BCUT2D eigenvalue weighted by Crippen LogP contribution is 2.24. The highest BCUT2D eigenvalue weighted by Gasteiger charge is 2.25. The summed E-state index contributed by atoms with van der Waals surface area (Å²) in [7, 11) is 0. The summed E-state index contributed by atoms with van der Waals surface area (Å²) in [6.07, 6.45) is 17.2. The van der Waals surface area contributed by atoms with Crippen molar-refractivity contribution < 1.29 is 38.1 Å². The molecule has 0 heterocycles. The molecule has 0 aliphatic carbocycles. The third kappa shape index (κ3) is 18.1. The molecule has 0 aliphatic rings. The Morgan fingerprint density at radius 2 is 0.655 bits per heavy atom. The van der Waals surface area contributed by atoms with E-state index in [1.807, 2.05) is 12.1 Å². The van der Waals surface area contributed by atoms with Crippen molar-refractivity contribution in [2.45, 2.75) is 171 Å². The molecular weight excluding hydrogens is 729 g/mol. The third-order valence-corrected chi connectivity index (χ3v) is 11.7. The van der Waals surface area contributed by atoms with Crippen LogP contribution in [0.1, 0.15) is 211 Å². The summed E-state index contributed by atoms with van der Waals surface area (Å²) in [6.45, 7) is 18.2. The minimum atomic E-state index is -0.529. The van der Waals surface area contributed by atoms with Crippen LogP contribution in [0.2, 0.25) is 0 Å². The number of hydrogen-bond acceptors (Lipinski definition) is 8. The van der Waals surface area contributed by atoms with E-state index in [0.29, 0.717) is 39.3 Å². The van der Waals surface area contributed by atoms with Gasteiger partial charge in [0.2, 0.25) is 0 Å². The molecule has 0 fully saturated rings. The van der Waals surface area contributed by atoms with Crippen LogP contribution in [0.4, 0.5) is 0 Å². The normalized spacial score (nSPS) is 13.3. The predicted octanol–water partition coefficient (Wildman–Crippen LogP) is 13.0. The lowest BCUT2D eigenvalue weighted by Gasteiger charge is -2.18. The Balaban J connectivity index is 2.39. The van der Waals surface area contributed by atoms with Crippen molar-refractivity contribution in [1.29, 1.82) is 0 Å². The molecule has 2 aromatic carbocycles. The Morgan fingerprint density at radius 1 is 0.397 bits per heavy atom. The summed E-state index contributed by atoms with van der Waals surface area (Å²) in [4.78, 5) is 54.3. The number of carbonyl (C=O) groups excluding carboxylic acids is 4. The number of carbonyl (C=O) groups is 4. The molecule has 8 nitrogen and oxygen atoms in total. The molecule has 0 saturated heterocycles. The van der Waals surface area contributed by atoms with Crippen molar-refractivity contribution in [1.82, 2.24) is 0 Å². The van der Waals surface area contributed by atoms with E-state index in [0.717, 1.165) is 114 Å². The van der Waals surface area contributed by atoms with Crippen LogP contribution in [0.15, 0.2) is 36.4 Å². The lowest BCUT2D eigenvalue weighted by Crippen LogP contribution is -2.20. The average molecular weight is 807 g/mol. The maximum atomic E-state index is 13.7. The molecule has 0 bridgehead atoms.